The van der Waals surface area contributed by atoms with Gasteiger partial charge in [0.25, 0.3) is 0 Å². The second-order valence-corrected chi connectivity index (χ2v) is 7.15. The van der Waals surface area contributed by atoms with Crippen LogP contribution >= 0.6 is 0 Å². The Balaban J connectivity index is 1.94. The van der Waals surface area contributed by atoms with Crippen LogP contribution < -0.4 is 0 Å². The molecular formula is C19H29F3. The third-order valence-corrected chi connectivity index (χ3v) is 5.78. The van der Waals surface area contributed by atoms with E-state index in [2.05, 4.69) is 13.5 Å². The van der Waals surface area contributed by atoms with Gasteiger partial charge in [-0.15, -0.1) is 6.58 Å². The molecule has 0 saturated heterocycles. The molecule has 22 heavy (non-hydrogen) atoms. The SMILES string of the molecule is C=CC1CCC(CCC2CCC(CC)CC2)=C(C(F)(F)F)C1. The van der Waals surface area contributed by atoms with Crippen molar-refractivity contribution in [2.24, 2.45) is 17.8 Å². The smallest absolute Gasteiger partial charge is 0.166 e. The molecular weight excluding hydrogens is 285 g/mol. The highest BCUT2D eigenvalue weighted by Gasteiger charge is 2.38. The van der Waals surface area contributed by atoms with Gasteiger partial charge in [0.05, 0.1) is 0 Å². The van der Waals surface area contributed by atoms with Crippen molar-refractivity contribution in [3.8, 4) is 0 Å². The Kier molecular flexibility index (Phi) is 6.17. The average Bonchev–Trinajstić information content (AvgIpc) is 2.52. The standard InChI is InChI=1S/C19H29F3/c1-3-14-5-7-16(8-6-14)10-12-17-11-9-15(4-2)13-18(17)19(20,21)22/h4,14-16H,2-3,5-13H2,1H3. The van der Waals surface area contributed by atoms with Gasteiger partial charge >= 0.3 is 6.18 Å². The van der Waals surface area contributed by atoms with E-state index in [1.807, 2.05) is 0 Å². The Labute approximate surface area is 132 Å². The van der Waals surface area contributed by atoms with E-state index < -0.39 is 6.18 Å². The minimum absolute atomic E-state index is 0.000341. The Morgan fingerprint density at radius 2 is 1.73 bits per heavy atom. The largest absolute Gasteiger partial charge is 0.412 e. The lowest BCUT2D eigenvalue weighted by molar-refractivity contribution is -0.0971. The van der Waals surface area contributed by atoms with Crippen LogP contribution in [0.2, 0.25) is 0 Å². The van der Waals surface area contributed by atoms with Gasteiger partial charge in [0.1, 0.15) is 0 Å². The fourth-order valence-corrected chi connectivity index (χ4v) is 4.12. The molecule has 0 heterocycles. The second-order valence-electron chi connectivity index (χ2n) is 7.15. The van der Waals surface area contributed by atoms with Crippen molar-refractivity contribution in [3.63, 3.8) is 0 Å². The van der Waals surface area contributed by atoms with E-state index in [1.54, 1.807) is 6.08 Å². The highest BCUT2D eigenvalue weighted by Crippen LogP contribution is 2.42. The summed E-state index contributed by atoms with van der Waals surface area (Å²) in [6, 6.07) is 0. The van der Waals surface area contributed by atoms with Gasteiger partial charge in [0.2, 0.25) is 0 Å². The van der Waals surface area contributed by atoms with Crippen LogP contribution in [0.4, 0.5) is 13.2 Å². The molecule has 0 aromatic heterocycles. The van der Waals surface area contributed by atoms with Crippen LogP contribution in [0, 0.1) is 17.8 Å². The molecule has 0 spiro atoms. The zero-order chi connectivity index (χ0) is 16.2. The maximum absolute atomic E-state index is 13.3. The van der Waals surface area contributed by atoms with E-state index in [9.17, 15) is 13.2 Å². The van der Waals surface area contributed by atoms with Gasteiger partial charge in [-0.1, -0.05) is 50.7 Å². The zero-order valence-electron chi connectivity index (χ0n) is 13.7. The molecule has 0 aromatic rings. The number of allylic oxidation sites excluding steroid dienone is 3. The van der Waals surface area contributed by atoms with Crippen LogP contribution in [0.3, 0.4) is 0 Å². The van der Waals surface area contributed by atoms with E-state index in [0.29, 0.717) is 24.3 Å². The second kappa shape index (κ2) is 7.70. The first-order valence-electron chi connectivity index (χ1n) is 8.84. The highest BCUT2D eigenvalue weighted by molar-refractivity contribution is 5.23. The minimum Gasteiger partial charge on any atom is -0.166 e. The van der Waals surface area contributed by atoms with Gasteiger partial charge in [-0.25, -0.2) is 0 Å². The molecule has 0 N–H and O–H groups in total. The summed E-state index contributed by atoms with van der Waals surface area (Å²) in [7, 11) is 0. The van der Waals surface area contributed by atoms with Gasteiger partial charge in [0.15, 0.2) is 0 Å². The van der Waals surface area contributed by atoms with Gasteiger partial charge in [-0.3, -0.25) is 0 Å². The lowest BCUT2D eigenvalue weighted by atomic mass is 9.76. The zero-order valence-corrected chi connectivity index (χ0v) is 13.7. The van der Waals surface area contributed by atoms with Crippen LogP contribution in [0.25, 0.3) is 0 Å². The quantitative estimate of drug-likeness (QED) is 0.488. The number of alkyl halides is 3. The first-order chi connectivity index (χ1) is 10.4. The molecule has 0 aliphatic heterocycles. The molecule has 3 heteroatoms. The molecule has 0 bridgehead atoms. The van der Waals surface area contributed by atoms with Crippen LogP contribution in [-0.4, -0.2) is 6.18 Å². The lowest BCUT2D eigenvalue weighted by Gasteiger charge is -2.30. The van der Waals surface area contributed by atoms with Gasteiger partial charge in [-0.2, -0.15) is 13.2 Å². The number of hydrogen-bond donors (Lipinski definition) is 0. The maximum atomic E-state index is 13.3. The van der Waals surface area contributed by atoms with Crippen molar-refractivity contribution in [1.29, 1.82) is 0 Å². The summed E-state index contributed by atoms with van der Waals surface area (Å²) in [6.07, 6.45) is 6.93. The van der Waals surface area contributed by atoms with Gasteiger partial charge in [0, 0.05) is 5.57 Å². The number of rotatable bonds is 5. The predicted octanol–water partition coefficient (Wildman–Crippen LogP) is 6.83. The van der Waals surface area contributed by atoms with Crippen LogP contribution in [-0.2, 0) is 0 Å². The van der Waals surface area contributed by atoms with Crippen molar-refractivity contribution >= 4 is 0 Å². The molecule has 0 radical (unpaired) electrons. The van der Waals surface area contributed by atoms with Crippen molar-refractivity contribution in [1.82, 2.24) is 0 Å². The maximum Gasteiger partial charge on any atom is 0.412 e. The first-order valence-corrected chi connectivity index (χ1v) is 8.84. The average molecular weight is 314 g/mol. The molecule has 1 unspecified atom stereocenters. The minimum atomic E-state index is -4.16. The summed E-state index contributed by atoms with van der Waals surface area (Å²) in [4.78, 5) is 0. The molecule has 0 aromatic carbocycles. The summed E-state index contributed by atoms with van der Waals surface area (Å²) in [5, 5.41) is 0. The molecule has 2 aliphatic rings. The van der Waals surface area contributed by atoms with E-state index in [1.165, 1.54) is 32.1 Å². The van der Waals surface area contributed by atoms with Gasteiger partial charge in [-0.05, 0) is 49.9 Å². The Morgan fingerprint density at radius 1 is 1.09 bits per heavy atom. The monoisotopic (exact) mass is 314 g/mol. The first kappa shape index (κ1) is 17.6. The molecule has 0 nitrogen and oxygen atoms in total. The van der Waals surface area contributed by atoms with E-state index in [-0.39, 0.29) is 17.9 Å². The van der Waals surface area contributed by atoms with E-state index >= 15 is 0 Å². The van der Waals surface area contributed by atoms with Crippen LogP contribution in [0.15, 0.2) is 23.8 Å². The lowest BCUT2D eigenvalue weighted by Crippen LogP contribution is -2.22. The number of hydrogen-bond acceptors (Lipinski definition) is 0. The summed E-state index contributed by atoms with van der Waals surface area (Å²) in [5.41, 5.74) is 0.439. The van der Waals surface area contributed by atoms with E-state index in [0.717, 1.165) is 18.8 Å². The molecule has 2 aliphatic carbocycles. The molecule has 2 rings (SSSR count). The van der Waals surface area contributed by atoms with Crippen molar-refractivity contribution in [2.45, 2.75) is 77.3 Å². The molecule has 1 fully saturated rings. The molecule has 0 amide bonds. The molecule has 126 valence electrons. The fraction of sp³-hybridized carbons (Fsp3) is 0.789. The summed E-state index contributed by atoms with van der Waals surface area (Å²) in [6.45, 7) is 5.91. The van der Waals surface area contributed by atoms with Crippen molar-refractivity contribution in [3.05, 3.63) is 23.8 Å². The molecule has 1 atom stereocenters. The fourth-order valence-electron chi connectivity index (χ4n) is 4.12. The van der Waals surface area contributed by atoms with E-state index in [4.69, 9.17) is 0 Å². The Bertz CT molecular complexity index is 397. The summed E-state index contributed by atoms with van der Waals surface area (Å²) >= 11 is 0. The van der Waals surface area contributed by atoms with Gasteiger partial charge < -0.3 is 0 Å². The van der Waals surface area contributed by atoms with Crippen molar-refractivity contribution in [2.75, 3.05) is 0 Å². The summed E-state index contributed by atoms with van der Waals surface area (Å²) in [5.74, 6) is 1.49. The summed E-state index contributed by atoms with van der Waals surface area (Å²) < 4.78 is 39.8. The van der Waals surface area contributed by atoms with Crippen LogP contribution in [0.1, 0.15) is 71.1 Å². The predicted molar refractivity (Wildman–Crippen MR) is 85.6 cm³/mol. The Hall–Kier alpha value is -0.730. The van der Waals surface area contributed by atoms with Crippen LogP contribution in [0.5, 0.6) is 0 Å². The third kappa shape index (κ3) is 4.63. The topological polar surface area (TPSA) is 0 Å². The molecule has 1 saturated carbocycles. The Morgan fingerprint density at radius 3 is 2.27 bits per heavy atom. The van der Waals surface area contributed by atoms with Crippen molar-refractivity contribution < 1.29 is 13.2 Å². The third-order valence-electron chi connectivity index (χ3n) is 5.78. The normalized spacial score (nSPS) is 30.5. The highest BCUT2D eigenvalue weighted by atomic mass is 19.4. The number of halogens is 3.